The molecule has 0 saturated carbocycles. The molecule has 0 amide bonds. The first-order valence-corrected chi connectivity index (χ1v) is 7.59. The quantitative estimate of drug-likeness (QED) is 0.658. The Balaban J connectivity index is 2.43. The van der Waals surface area contributed by atoms with E-state index in [0.717, 1.165) is 0 Å². The van der Waals surface area contributed by atoms with E-state index >= 15 is 0 Å². The Bertz CT molecular complexity index is 489. The van der Waals surface area contributed by atoms with Crippen molar-refractivity contribution in [3.05, 3.63) is 24.3 Å². The van der Waals surface area contributed by atoms with E-state index in [2.05, 4.69) is 0 Å². The van der Waals surface area contributed by atoms with Crippen molar-refractivity contribution in [3.63, 3.8) is 0 Å². The number of ether oxygens (including phenoxy) is 1. The van der Waals surface area contributed by atoms with Crippen LogP contribution < -0.4 is 10.5 Å². The molecule has 2 N–H and O–H groups in total. The highest BCUT2D eigenvalue weighted by Gasteiger charge is 2.28. The molecular formula is C13H21NO3S. The van der Waals surface area contributed by atoms with Gasteiger partial charge in [0.15, 0.2) is 9.84 Å². The van der Waals surface area contributed by atoms with Gasteiger partial charge >= 0.3 is 0 Å². The van der Waals surface area contributed by atoms with Gasteiger partial charge in [0.25, 0.3) is 0 Å². The van der Waals surface area contributed by atoms with E-state index in [0.29, 0.717) is 24.5 Å². The zero-order chi connectivity index (χ0) is 13.8. The van der Waals surface area contributed by atoms with Crippen LogP contribution in [-0.4, -0.2) is 25.5 Å². The molecule has 1 aromatic rings. The number of hydrogen-bond donors (Lipinski definition) is 1. The van der Waals surface area contributed by atoms with E-state index in [-0.39, 0.29) is 5.75 Å². The summed E-state index contributed by atoms with van der Waals surface area (Å²) >= 11 is 0. The third-order valence-electron chi connectivity index (χ3n) is 2.67. The van der Waals surface area contributed by atoms with E-state index in [1.54, 1.807) is 32.9 Å². The highest BCUT2D eigenvalue weighted by atomic mass is 32.2. The van der Waals surface area contributed by atoms with Crippen LogP contribution in [0.1, 0.15) is 27.2 Å². The molecule has 1 aromatic carbocycles. The molecule has 0 fully saturated rings. The maximum atomic E-state index is 11.9. The van der Waals surface area contributed by atoms with Crippen molar-refractivity contribution in [2.24, 2.45) is 0 Å². The number of para-hydroxylation sites is 2. The van der Waals surface area contributed by atoms with Crippen LogP contribution in [-0.2, 0) is 9.84 Å². The Hall–Kier alpha value is -1.23. The van der Waals surface area contributed by atoms with Crippen LogP contribution in [0.4, 0.5) is 5.69 Å². The molecule has 0 aliphatic heterocycles. The lowest BCUT2D eigenvalue weighted by Crippen LogP contribution is -2.30. The summed E-state index contributed by atoms with van der Waals surface area (Å²) in [5.74, 6) is 0.731. The summed E-state index contributed by atoms with van der Waals surface area (Å²) in [6.45, 7) is 5.47. The van der Waals surface area contributed by atoms with Crippen molar-refractivity contribution >= 4 is 15.5 Å². The molecule has 0 heterocycles. The normalized spacial score (nSPS) is 12.4. The zero-order valence-electron chi connectivity index (χ0n) is 11.1. The minimum Gasteiger partial charge on any atom is -0.491 e. The maximum absolute atomic E-state index is 11.9. The molecule has 5 heteroatoms. The van der Waals surface area contributed by atoms with Crippen LogP contribution in [0.25, 0.3) is 0 Å². The largest absolute Gasteiger partial charge is 0.491 e. The monoisotopic (exact) mass is 271 g/mol. The molecule has 0 unspecified atom stereocenters. The van der Waals surface area contributed by atoms with Gasteiger partial charge in [-0.2, -0.15) is 0 Å². The molecule has 0 bridgehead atoms. The molecule has 0 spiro atoms. The minimum atomic E-state index is -3.07. The van der Waals surface area contributed by atoms with Gasteiger partial charge < -0.3 is 10.5 Å². The standard InChI is InChI=1S/C13H21NO3S/c1-13(2,3)18(15,16)10-6-9-17-12-8-5-4-7-11(12)14/h4-5,7-8H,6,9-10,14H2,1-3H3. The Morgan fingerprint density at radius 2 is 1.83 bits per heavy atom. The fourth-order valence-corrected chi connectivity index (χ4v) is 2.46. The molecule has 1 rings (SSSR count). The lowest BCUT2D eigenvalue weighted by Gasteiger charge is -2.19. The van der Waals surface area contributed by atoms with E-state index in [4.69, 9.17) is 10.5 Å². The molecule has 0 aromatic heterocycles. The van der Waals surface area contributed by atoms with Crippen molar-refractivity contribution in [2.75, 3.05) is 18.1 Å². The molecule has 18 heavy (non-hydrogen) atoms. The van der Waals surface area contributed by atoms with Crippen LogP contribution in [0.2, 0.25) is 0 Å². The fourth-order valence-electron chi connectivity index (χ4n) is 1.35. The van der Waals surface area contributed by atoms with Crippen molar-refractivity contribution in [2.45, 2.75) is 31.9 Å². The lowest BCUT2D eigenvalue weighted by molar-refractivity contribution is 0.319. The average molecular weight is 271 g/mol. The van der Waals surface area contributed by atoms with E-state index < -0.39 is 14.6 Å². The number of sulfone groups is 1. The number of rotatable bonds is 5. The van der Waals surface area contributed by atoms with Crippen molar-refractivity contribution < 1.29 is 13.2 Å². The lowest BCUT2D eigenvalue weighted by atomic mass is 10.3. The Labute approximate surface area is 109 Å². The summed E-state index contributed by atoms with van der Waals surface area (Å²) in [5.41, 5.74) is 6.28. The highest BCUT2D eigenvalue weighted by Crippen LogP contribution is 2.20. The molecule has 0 radical (unpaired) electrons. The third kappa shape index (κ3) is 3.91. The molecule has 4 nitrogen and oxygen atoms in total. The van der Waals surface area contributed by atoms with Crippen LogP contribution in [0.3, 0.4) is 0 Å². The van der Waals surface area contributed by atoms with Crippen LogP contribution in [0, 0.1) is 0 Å². The SMILES string of the molecule is CC(C)(C)S(=O)(=O)CCCOc1ccccc1N. The molecule has 0 aliphatic carbocycles. The summed E-state index contributed by atoms with van der Waals surface area (Å²) in [6, 6.07) is 7.18. The molecule has 0 atom stereocenters. The minimum absolute atomic E-state index is 0.128. The topological polar surface area (TPSA) is 69.4 Å². The van der Waals surface area contributed by atoms with Gasteiger partial charge in [-0.05, 0) is 39.3 Å². The Morgan fingerprint density at radius 1 is 1.22 bits per heavy atom. The van der Waals surface area contributed by atoms with Gasteiger partial charge in [0.2, 0.25) is 0 Å². The molecular weight excluding hydrogens is 250 g/mol. The highest BCUT2D eigenvalue weighted by molar-refractivity contribution is 7.92. The predicted octanol–water partition coefficient (Wildman–Crippen LogP) is 2.25. The number of hydrogen-bond acceptors (Lipinski definition) is 4. The van der Waals surface area contributed by atoms with E-state index in [9.17, 15) is 8.42 Å². The van der Waals surface area contributed by atoms with Gasteiger partial charge in [-0.25, -0.2) is 8.42 Å². The average Bonchev–Trinajstić information content (AvgIpc) is 2.25. The summed E-state index contributed by atoms with van der Waals surface area (Å²) in [7, 11) is -3.07. The number of benzene rings is 1. The van der Waals surface area contributed by atoms with Gasteiger partial charge in [0, 0.05) is 0 Å². The third-order valence-corrected chi connectivity index (χ3v) is 5.36. The second-order valence-corrected chi connectivity index (χ2v) is 8.03. The molecule has 0 aliphatic rings. The van der Waals surface area contributed by atoms with E-state index in [1.165, 1.54) is 0 Å². The van der Waals surface area contributed by atoms with Crippen molar-refractivity contribution in [1.82, 2.24) is 0 Å². The summed E-state index contributed by atoms with van der Waals surface area (Å²) in [5, 5.41) is 0. The van der Waals surface area contributed by atoms with Crippen LogP contribution in [0.5, 0.6) is 5.75 Å². The van der Waals surface area contributed by atoms with Crippen molar-refractivity contribution in [1.29, 1.82) is 0 Å². The predicted molar refractivity (Wildman–Crippen MR) is 74.5 cm³/mol. The summed E-state index contributed by atoms with van der Waals surface area (Å²) in [6.07, 6.45) is 0.466. The second kappa shape index (κ2) is 5.61. The number of anilines is 1. The van der Waals surface area contributed by atoms with Gasteiger partial charge in [-0.15, -0.1) is 0 Å². The zero-order valence-corrected chi connectivity index (χ0v) is 12.0. The van der Waals surface area contributed by atoms with Gasteiger partial charge in [-0.1, -0.05) is 12.1 Å². The van der Waals surface area contributed by atoms with Gasteiger partial charge in [0.1, 0.15) is 5.75 Å². The summed E-state index contributed by atoms with van der Waals surface area (Å²) < 4.78 is 28.4. The molecule has 102 valence electrons. The van der Waals surface area contributed by atoms with Crippen LogP contribution >= 0.6 is 0 Å². The maximum Gasteiger partial charge on any atom is 0.155 e. The Morgan fingerprint density at radius 3 is 2.39 bits per heavy atom. The summed E-state index contributed by atoms with van der Waals surface area (Å²) in [4.78, 5) is 0. The first kappa shape index (κ1) is 14.8. The smallest absolute Gasteiger partial charge is 0.155 e. The first-order chi connectivity index (χ1) is 8.24. The van der Waals surface area contributed by atoms with Gasteiger partial charge in [-0.3, -0.25) is 0 Å². The number of nitrogens with two attached hydrogens (primary N) is 1. The van der Waals surface area contributed by atoms with E-state index in [1.807, 2.05) is 12.1 Å². The van der Waals surface area contributed by atoms with Crippen LogP contribution in [0.15, 0.2) is 24.3 Å². The van der Waals surface area contributed by atoms with Gasteiger partial charge in [0.05, 0.1) is 22.8 Å². The molecule has 0 saturated heterocycles. The van der Waals surface area contributed by atoms with Crippen molar-refractivity contribution in [3.8, 4) is 5.75 Å². The Kier molecular flexibility index (Phi) is 4.62. The number of nitrogen functional groups attached to an aromatic ring is 1. The first-order valence-electron chi connectivity index (χ1n) is 5.93. The fraction of sp³-hybridized carbons (Fsp3) is 0.538. The second-order valence-electron chi connectivity index (χ2n) is 5.17.